The van der Waals surface area contributed by atoms with E-state index in [1.165, 1.54) is 30.0 Å². The number of nitrogens with one attached hydrogen (secondary N) is 1. The molecule has 0 atom stereocenters. The van der Waals surface area contributed by atoms with Crippen LogP contribution in [0.25, 0.3) is 0 Å². The van der Waals surface area contributed by atoms with Crippen molar-refractivity contribution in [3.8, 4) is 0 Å². The molecule has 0 aliphatic carbocycles. The molecule has 1 N–H and O–H groups in total. The highest BCUT2D eigenvalue weighted by molar-refractivity contribution is 6.31. The van der Waals surface area contributed by atoms with E-state index in [0.29, 0.717) is 12.2 Å². The molecule has 0 aliphatic heterocycles. The van der Waals surface area contributed by atoms with Crippen LogP contribution in [0.4, 0.5) is 10.1 Å². The molecule has 1 aromatic carbocycles. The van der Waals surface area contributed by atoms with Crippen molar-refractivity contribution in [1.29, 1.82) is 0 Å². The van der Waals surface area contributed by atoms with Gasteiger partial charge in [0, 0.05) is 19.2 Å². The number of benzene rings is 1. The Bertz CT molecular complexity index is 480. The van der Waals surface area contributed by atoms with E-state index in [9.17, 15) is 14.0 Å². The van der Waals surface area contributed by atoms with Crippen molar-refractivity contribution < 1.29 is 14.0 Å². The number of carbonyl (C=O) groups is 2. The summed E-state index contributed by atoms with van der Waals surface area (Å²) < 4.78 is 13.0. The van der Waals surface area contributed by atoms with Crippen LogP contribution in [0, 0.1) is 5.82 Å². The maximum Gasteiger partial charge on any atom is 0.243 e. The van der Waals surface area contributed by atoms with Gasteiger partial charge in [0.2, 0.25) is 11.8 Å². The molecule has 0 unspecified atom stereocenters. The molecule has 2 amide bonds. The van der Waals surface area contributed by atoms with Crippen LogP contribution in [-0.2, 0) is 9.59 Å². The maximum absolute atomic E-state index is 13.0. The fraction of sp³-hybridized carbons (Fsp3) is 0.385. The standard InChI is InChI=1S/C13H16ClFN2O2/c1-3-6-17(9(2)18)8-13(19)16-10-4-5-12(15)11(14)7-10/h4-5,7H,3,6,8H2,1-2H3,(H,16,19). The van der Waals surface area contributed by atoms with E-state index >= 15 is 0 Å². The Morgan fingerprint density at radius 2 is 2.11 bits per heavy atom. The van der Waals surface area contributed by atoms with Crippen LogP contribution in [0.1, 0.15) is 20.3 Å². The van der Waals surface area contributed by atoms with E-state index in [1.54, 1.807) is 0 Å². The summed E-state index contributed by atoms with van der Waals surface area (Å²) in [6, 6.07) is 3.91. The molecule has 6 heteroatoms. The molecular weight excluding hydrogens is 271 g/mol. The lowest BCUT2D eigenvalue weighted by atomic mass is 10.3. The minimum atomic E-state index is -0.545. The van der Waals surface area contributed by atoms with E-state index in [2.05, 4.69) is 5.32 Å². The van der Waals surface area contributed by atoms with Gasteiger partial charge >= 0.3 is 0 Å². The van der Waals surface area contributed by atoms with Crippen LogP contribution in [0.5, 0.6) is 0 Å². The van der Waals surface area contributed by atoms with Gasteiger partial charge < -0.3 is 10.2 Å². The molecule has 0 aliphatic rings. The summed E-state index contributed by atoms with van der Waals surface area (Å²) in [5.41, 5.74) is 0.399. The second kappa shape index (κ2) is 7.09. The molecule has 1 aromatic rings. The van der Waals surface area contributed by atoms with Gasteiger partial charge in [-0.1, -0.05) is 18.5 Å². The fourth-order valence-electron chi connectivity index (χ4n) is 1.57. The Morgan fingerprint density at radius 1 is 1.42 bits per heavy atom. The third-order valence-electron chi connectivity index (χ3n) is 2.48. The molecule has 19 heavy (non-hydrogen) atoms. The zero-order valence-electron chi connectivity index (χ0n) is 10.9. The quantitative estimate of drug-likeness (QED) is 0.905. The van der Waals surface area contributed by atoms with Gasteiger partial charge in [0.1, 0.15) is 5.82 Å². The average molecular weight is 287 g/mol. The van der Waals surface area contributed by atoms with Crippen molar-refractivity contribution in [1.82, 2.24) is 4.90 Å². The van der Waals surface area contributed by atoms with Gasteiger partial charge in [-0.15, -0.1) is 0 Å². The lowest BCUT2D eigenvalue weighted by Gasteiger charge is -2.19. The first-order valence-electron chi connectivity index (χ1n) is 5.94. The lowest BCUT2D eigenvalue weighted by Crippen LogP contribution is -2.37. The van der Waals surface area contributed by atoms with Gasteiger partial charge in [0.25, 0.3) is 0 Å². The van der Waals surface area contributed by atoms with Gasteiger partial charge in [-0.25, -0.2) is 4.39 Å². The van der Waals surface area contributed by atoms with Crippen molar-refractivity contribution >= 4 is 29.1 Å². The van der Waals surface area contributed by atoms with E-state index < -0.39 is 5.82 Å². The summed E-state index contributed by atoms with van der Waals surface area (Å²) in [5.74, 6) is -1.04. The Labute approximate surface area is 116 Å². The average Bonchev–Trinajstić information content (AvgIpc) is 2.33. The smallest absolute Gasteiger partial charge is 0.243 e. The Morgan fingerprint density at radius 3 is 2.63 bits per heavy atom. The molecular formula is C13H16ClFN2O2. The lowest BCUT2D eigenvalue weighted by molar-refractivity contribution is -0.132. The molecule has 0 spiro atoms. The number of halogens is 2. The second-order valence-electron chi connectivity index (χ2n) is 4.12. The first kappa shape index (κ1) is 15.4. The van der Waals surface area contributed by atoms with Crippen molar-refractivity contribution in [2.75, 3.05) is 18.4 Å². The summed E-state index contributed by atoms with van der Waals surface area (Å²) in [6.45, 7) is 3.83. The molecule has 0 saturated carbocycles. The predicted octanol–water partition coefficient (Wildman–Crippen LogP) is 2.68. The summed E-state index contributed by atoms with van der Waals surface area (Å²) in [7, 11) is 0. The van der Waals surface area contributed by atoms with Crippen LogP contribution in [0.3, 0.4) is 0 Å². The molecule has 0 aromatic heterocycles. The largest absolute Gasteiger partial charge is 0.334 e. The van der Waals surface area contributed by atoms with Crippen molar-refractivity contribution in [2.45, 2.75) is 20.3 Å². The van der Waals surface area contributed by atoms with Crippen LogP contribution in [-0.4, -0.2) is 29.8 Å². The Kier molecular flexibility index (Phi) is 5.76. The van der Waals surface area contributed by atoms with Crippen LogP contribution in [0.2, 0.25) is 5.02 Å². The summed E-state index contributed by atoms with van der Waals surface area (Å²) in [4.78, 5) is 24.5. The van der Waals surface area contributed by atoms with E-state index in [0.717, 1.165) is 6.42 Å². The Balaban J connectivity index is 2.63. The summed E-state index contributed by atoms with van der Waals surface area (Å²) in [6.07, 6.45) is 0.773. The molecule has 104 valence electrons. The van der Waals surface area contributed by atoms with Gasteiger partial charge in [0.15, 0.2) is 0 Å². The molecule has 0 radical (unpaired) electrons. The van der Waals surface area contributed by atoms with Gasteiger partial charge in [-0.05, 0) is 24.6 Å². The first-order chi connectivity index (χ1) is 8.93. The molecule has 1 rings (SSSR count). The normalized spacial score (nSPS) is 10.1. The SMILES string of the molecule is CCCN(CC(=O)Nc1ccc(F)c(Cl)c1)C(C)=O. The fourth-order valence-corrected chi connectivity index (χ4v) is 1.75. The first-order valence-corrected chi connectivity index (χ1v) is 6.32. The number of carbonyl (C=O) groups excluding carboxylic acids is 2. The zero-order valence-corrected chi connectivity index (χ0v) is 11.6. The molecule has 4 nitrogen and oxygen atoms in total. The highest BCUT2D eigenvalue weighted by atomic mass is 35.5. The molecule has 0 bridgehead atoms. The van der Waals surface area contributed by atoms with Crippen LogP contribution in [0.15, 0.2) is 18.2 Å². The number of hydrogen-bond acceptors (Lipinski definition) is 2. The summed E-state index contributed by atoms with van der Waals surface area (Å²) in [5, 5.41) is 2.51. The minimum absolute atomic E-state index is 0.0296. The van der Waals surface area contributed by atoms with Gasteiger partial charge in [0.05, 0.1) is 11.6 Å². The third-order valence-corrected chi connectivity index (χ3v) is 2.77. The predicted molar refractivity (Wildman–Crippen MR) is 72.6 cm³/mol. The van der Waals surface area contributed by atoms with Crippen molar-refractivity contribution in [3.63, 3.8) is 0 Å². The van der Waals surface area contributed by atoms with Crippen molar-refractivity contribution in [2.24, 2.45) is 0 Å². The molecule has 0 heterocycles. The van der Waals surface area contributed by atoms with E-state index in [1.807, 2.05) is 6.92 Å². The van der Waals surface area contributed by atoms with Crippen molar-refractivity contribution in [3.05, 3.63) is 29.0 Å². The number of nitrogens with zero attached hydrogens (tertiary/aromatic N) is 1. The second-order valence-corrected chi connectivity index (χ2v) is 4.52. The topological polar surface area (TPSA) is 49.4 Å². The minimum Gasteiger partial charge on any atom is -0.334 e. The highest BCUT2D eigenvalue weighted by Gasteiger charge is 2.13. The number of anilines is 1. The monoisotopic (exact) mass is 286 g/mol. The number of rotatable bonds is 5. The molecule has 0 saturated heterocycles. The van der Waals surface area contributed by atoms with E-state index in [4.69, 9.17) is 11.6 Å². The van der Waals surface area contributed by atoms with Crippen LogP contribution >= 0.6 is 11.6 Å². The van der Waals surface area contributed by atoms with Gasteiger partial charge in [-0.2, -0.15) is 0 Å². The van der Waals surface area contributed by atoms with Crippen LogP contribution < -0.4 is 5.32 Å². The van der Waals surface area contributed by atoms with Gasteiger partial charge in [-0.3, -0.25) is 9.59 Å². The summed E-state index contributed by atoms with van der Waals surface area (Å²) >= 11 is 5.61. The maximum atomic E-state index is 13.0. The Hall–Kier alpha value is -1.62. The zero-order chi connectivity index (χ0) is 14.4. The third kappa shape index (κ3) is 4.87. The highest BCUT2D eigenvalue weighted by Crippen LogP contribution is 2.19. The number of hydrogen-bond donors (Lipinski definition) is 1. The molecule has 0 fully saturated rings. The van der Waals surface area contributed by atoms with E-state index in [-0.39, 0.29) is 23.4 Å². The number of amides is 2.